The van der Waals surface area contributed by atoms with Gasteiger partial charge in [0.1, 0.15) is 0 Å². The molecule has 2 unspecified atom stereocenters. The number of nitrogens with zero attached hydrogens (tertiary/aromatic N) is 3. The third-order valence-corrected chi connectivity index (χ3v) is 5.64. The first-order valence-corrected chi connectivity index (χ1v) is 9.42. The number of amides is 2. The number of β-amino-alcohol motifs (C(OH)–C–C–N with tert-alkyl or cyclic N) is 1. The highest BCUT2D eigenvalue weighted by molar-refractivity contribution is 5.96. The number of benzene rings is 1. The Balaban J connectivity index is 1.28. The quantitative estimate of drug-likeness (QED) is 0.758. The van der Waals surface area contributed by atoms with Gasteiger partial charge in [-0.15, -0.1) is 0 Å². The summed E-state index contributed by atoms with van der Waals surface area (Å²) in [6, 6.07) is 7.82. The summed E-state index contributed by atoms with van der Waals surface area (Å²) in [4.78, 5) is 31.0. The van der Waals surface area contributed by atoms with Gasteiger partial charge >= 0.3 is 0 Å². The highest BCUT2D eigenvalue weighted by Gasteiger charge is 2.33. The number of fused-ring (bicyclic) bond motifs is 1. The molecule has 2 amide bonds. The Morgan fingerprint density at radius 2 is 1.88 bits per heavy atom. The molecule has 3 aliphatic heterocycles. The van der Waals surface area contributed by atoms with Crippen LogP contribution in [-0.2, 0) is 16.0 Å². The number of nitrogens with one attached hydrogen (secondary N) is 1. The Hall–Kier alpha value is -1.96. The number of aliphatic hydroxyl groups excluding tert-OH is 1. The molecular weight excluding hydrogens is 332 g/mol. The van der Waals surface area contributed by atoms with Gasteiger partial charge in [-0.3, -0.25) is 14.5 Å². The lowest BCUT2D eigenvalue weighted by Gasteiger charge is -2.36. The molecule has 7 nitrogen and oxygen atoms in total. The van der Waals surface area contributed by atoms with Crippen molar-refractivity contribution in [1.82, 2.24) is 15.1 Å². The van der Waals surface area contributed by atoms with Crippen LogP contribution in [0.25, 0.3) is 0 Å². The summed E-state index contributed by atoms with van der Waals surface area (Å²) in [5, 5.41) is 12.7. The molecule has 3 heterocycles. The molecule has 0 aliphatic carbocycles. The minimum atomic E-state index is -0.425. The zero-order chi connectivity index (χ0) is 18.1. The number of anilines is 1. The molecule has 3 aliphatic rings. The summed E-state index contributed by atoms with van der Waals surface area (Å²) < 4.78 is 0. The van der Waals surface area contributed by atoms with Crippen LogP contribution < -0.4 is 10.2 Å². The van der Waals surface area contributed by atoms with E-state index in [1.54, 1.807) is 0 Å². The summed E-state index contributed by atoms with van der Waals surface area (Å²) in [7, 11) is 0. The smallest absolute Gasteiger partial charge is 0.241 e. The first kappa shape index (κ1) is 17.5. The lowest BCUT2D eigenvalue weighted by atomic mass is 10.1. The number of aliphatic hydroxyl groups is 1. The van der Waals surface area contributed by atoms with Crippen molar-refractivity contribution in [3.8, 4) is 0 Å². The predicted octanol–water partition coefficient (Wildman–Crippen LogP) is -0.557. The molecule has 2 fully saturated rings. The molecule has 4 rings (SSSR count). The molecule has 0 bridgehead atoms. The van der Waals surface area contributed by atoms with Crippen LogP contribution in [0.4, 0.5) is 5.69 Å². The normalized spacial score (nSPS) is 26.2. The number of piperazine rings is 1. The van der Waals surface area contributed by atoms with Crippen LogP contribution in [0.5, 0.6) is 0 Å². The maximum atomic E-state index is 12.7. The summed E-state index contributed by atoms with van der Waals surface area (Å²) in [6.45, 7) is 4.34. The van der Waals surface area contributed by atoms with Crippen molar-refractivity contribution in [2.24, 2.45) is 0 Å². The standard InChI is InChI=1S/C19H26N4O3/c24-15-11-16(20-12-15)19(26)22-9-7-21(8-10-22)13-18(25)23-6-5-14-3-1-2-4-17(14)23/h1-4,15-16,20,24H,5-13H2. The van der Waals surface area contributed by atoms with Gasteiger partial charge in [0.25, 0.3) is 0 Å². The number of hydrogen-bond donors (Lipinski definition) is 2. The fourth-order valence-electron chi connectivity index (χ4n) is 4.13. The molecular formula is C19H26N4O3. The average molecular weight is 358 g/mol. The molecule has 0 spiro atoms. The van der Waals surface area contributed by atoms with E-state index < -0.39 is 6.10 Å². The van der Waals surface area contributed by atoms with Crippen molar-refractivity contribution in [2.75, 3.05) is 50.7 Å². The van der Waals surface area contributed by atoms with Crippen LogP contribution in [0.1, 0.15) is 12.0 Å². The monoisotopic (exact) mass is 358 g/mol. The van der Waals surface area contributed by atoms with Gasteiger partial charge in [-0.05, 0) is 24.5 Å². The van der Waals surface area contributed by atoms with Crippen LogP contribution in [0.3, 0.4) is 0 Å². The first-order chi connectivity index (χ1) is 12.6. The van der Waals surface area contributed by atoms with Gasteiger partial charge in [0.2, 0.25) is 11.8 Å². The van der Waals surface area contributed by atoms with Crippen LogP contribution in [-0.4, -0.2) is 84.7 Å². The van der Waals surface area contributed by atoms with E-state index in [1.807, 2.05) is 28.0 Å². The van der Waals surface area contributed by atoms with Gasteiger partial charge in [0.05, 0.1) is 18.7 Å². The van der Waals surface area contributed by atoms with Crippen molar-refractivity contribution in [3.05, 3.63) is 29.8 Å². The third kappa shape index (κ3) is 3.47. The fourth-order valence-corrected chi connectivity index (χ4v) is 4.13. The zero-order valence-electron chi connectivity index (χ0n) is 14.9. The van der Waals surface area contributed by atoms with Gasteiger partial charge in [-0.1, -0.05) is 18.2 Å². The molecule has 0 aromatic heterocycles. The van der Waals surface area contributed by atoms with Crippen molar-refractivity contribution in [3.63, 3.8) is 0 Å². The third-order valence-electron chi connectivity index (χ3n) is 5.64. The highest BCUT2D eigenvalue weighted by Crippen LogP contribution is 2.27. The second-order valence-electron chi connectivity index (χ2n) is 7.38. The largest absolute Gasteiger partial charge is 0.392 e. The van der Waals surface area contributed by atoms with Gasteiger partial charge < -0.3 is 20.2 Å². The van der Waals surface area contributed by atoms with E-state index in [1.165, 1.54) is 5.56 Å². The predicted molar refractivity (Wildman–Crippen MR) is 97.9 cm³/mol. The number of carbonyl (C=O) groups is 2. The maximum absolute atomic E-state index is 12.7. The molecule has 26 heavy (non-hydrogen) atoms. The van der Waals surface area contributed by atoms with Gasteiger partial charge in [-0.2, -0.15) is 0 Å². The van der Waals surface area contributed by atoms with E-state index >= 15 is 0 Å². The Labute approximate surface area is 153 Å². The van der Waals surface area contributed by atoms with E-state index in [-0.39, 0.29) is 17.9 Å². The van der Waals surface area contributed by atoms with Crippen molar-refractivity contribution in [2.45, 2.75) is 25.0 Å². The van der Waals surface area contributed by atoms with Crippen LogP contribution >= 0.6 is 0 Å². The second kappa shape index (κ2) is 7.34. The average Bonchev–Trinajstić information content (AvgIpc) is 3.28. The Morgan fingerprint density at radius 3 is 2.62 bits per heavy atom. The molecule has 1 aromatic rings. The van der Waals surface area contributed by atoms with Crippen molar-refractivity contribution >= 4 is 17.5 Å². The molecule has 2 atom stereocenters. The maximum Gasteiger partial charge on any atom is 0.241 e. The second-order valence-corrected chi connectivity index (χ2v) is 7.38. The van der Waals surface area contributed by atoms with Crippen molar-refractivity contribution < 1.29 is 14.7 Å². The Morgan fingerprint density at radius 1 is 1.12 bits per heavy atom. The lowest BCUT2D eigenvalue weighted by Crippen LogP contribution is -2.54. The fraction of sp³-hybridized carbons (Fsp3) is 0.579. The van der Waals surface area contributed by atoms with E-state index in [2.05, 4.69) is 16.3 Å². The number of para-hydroxylation sites is 1. The molecule has 140 valence electrons. The summed E-state index contributed by atoms with van der Waals surface area (Å²) >= 11 is 0. The van der Waals surface area contributed by atoms with E-state index in [0.29, 0.717) is 45.7 Å². The lowest BCUT2D eigenvalue weighted by molar-refractivity contribution is -0.135. The van der Waals surface area contributed by atoms with Crippen molar-refractivity contribution in [1.29, 1.82) is 0 Å². The molecule has 0 radical (unpaired) electrons. The number of carbonyl (C=O) groups excluding carboxylic acids is 2. The molecule has 0 saturated carbocycles. The minimum Gasteiger partial charge on any atom is -0.392 e. The topological polar surface area (TPSA) is 76.1 Å². The van der Waals surface area contributed by atoms with E-state index in [4.69, 9.17) is 0 Å². The highest BCUT2D eigenvalue weighted by atomic mass is 16.3. The van der Waals surface area contributed by atoms with Gasteiger partial charge in [0.15, 0.2) is 0 Å². The van der Waals surface area contributed by atoms with Crippen LogP contribution in [0, 0.1) is 0 Å². The SMILES string of the molecule is O=C(C1CC(O)CN1)N1CCN(CC(=O)N2CCc3ccccc32)CC1. The van der Waals surface area contributed by atoms with E-state index in [9.17, 15) is 14.7 Å². The Bertz CT molecular complexity index is 687. The molecule has 2 N–H and O–H groups in total. The number of hydrogen-bond acceptors (Lipinski definition) is 5. The van der Waals surface area contributed by atoms with Crippen LogP contribution in [0.15, 0.2) is 24.3 Å². The van der Waals surface area contributed by atoms with Crippen LogP contribution in [0.2, 0.25) is 0 Å². The molecule has 1 aromatic carbocycles. The summed E-state index contributed by atoms with van der Waals surface area (Å²) in [6.07, 6.45) is 0.988. The van der Waals surface area contributed by atoms with Gasteiger partial charge in [0, 0.05) is 45.0 Å². The molecule has 7 heteroatoms. The number of rotatable bonds is 3. The van der Waals surface area contributed by atoms with Gasteiger partial charge in [-0.25, -0.2) is 0 Å². The summed E-state index contributed by atoms with van der Waals surface area (Å²) in [5.41, 5.74) is 2.28. The summed E-state index contributed by atoms with van der Waals surface area (Å²) in [5.74, 6) is 0.205. The zero-order valence-corrected chi connectivity index (χ0v) is 14.9. The first-order valence-electron chi connectivity index (χ1n) is 9.42. The van der Waals surface area contributed by atoms with E-state index in [0.717, 1.165) is 18.7 Å². The minimum absolute atomic E-state index is 0.0704. The Kier molecular flexibility index (Phi) is 4.93. The molecule has 2 saturated heterocycles.